The third-order valence-corrected chi connectivity index (χ3v) is 6.61. The third-order valence-electron chi connectivity index (χ3n) is 6.61. The van der Waals surface area contributed by atoms with Gasteiger partial charge in [0.05, 0.1) is 6.10 Å². The third kappa shape index (κ3) is 1.97. The van der Waals surface area contributed by atoms with Crippen molar-refractivity contribution in [3.8, 4) is 0 Å². The van der Waals surface area contributed by atoms with Gasteiger partial charge in [-0.1, -0.05) is 13.8 Å². The number of rotatable bonds is 5. The van der Waals surface area contributed by atoms with Crippen LogP contribution in [0.15, 0.2) is 0 Å². The Labute approximate surface area is 123 Å². The summed E-state index contributed by atoms with van der Waals surface area (Å²) in [4.78, 5) is 2.74. The standard InChI is InChI=1S/C17H30N2O/c1-16(2)15-14(4-3-9-20-15)17(16,18)11-19(13-7-8-13)10-12-5-6-12/h12-15H,3-11,18H2,1-2H3. The van der Waals surface area contributed by atoms with Crippen LogP contribution in [0.25, 0.3) is 0 Å². The molecule has 0 aromatic carbocycles. The van der Waals surface area contributed by atoms with Crippen LogP contribution in [-0.4, -0.2) is 42.3 Å². The van der Waals surface area contributed by atoms with E-state index in [4.69, 9.17) is 10.5 Å². The first-order chi connectivity index (χ1) is 9.52. The quantitative estimate of drug-likeness (QED) is 0.839. The highest BCUT2D eigenvalue weighted by Crippen LogP contribution is 2.58. The smallest absolute Gasteiger partial charge is 0.0690 e. The number of hydrogen-bond acceptors (Lipinski definition) is 3. The van der Waals surface area contributed by atoms with Crippen molar-refractivity contribution in [3.63, 3.8) is 0 Å². The first-order valence-electron chi connectivity index (χ1n) is 8.67. The summed E-state index contributed by atoms with van der Waals surface area (Å²) in [5.41, 5.74) is 7.08. The van der Waals surface area contributed by atoms with Gasteiger partial charge in [0.25, 0.3) is 0 Å². The minimum atomic E-state index is -0.0322. The SMILES string of the molecule is CC1(C)C2OCCCC2C1(N)CN(CC1CC1)C1CC1. The van der Waals surface area contributed by atoms with Crippen molar-refractivity contribution in [2.75, 3.05) is 19.7 Å². The molecule has 0 radical (unpaired) electrons. The van der Waals surface area contributed by atoms with Crippen LogP contribution >= 0.6 is 0 Å². The molecule has 0 bridgehead atoms. The van der Waals surface area contributed by atoms with E-state index >= 15 is 0 Å². The molecule has 114 valence electrons. The molecule has 1 heterocycles. The molecule has 3 nitrogen and oxygen atoms in total. The van der Waals surface area contributed by atoms with Crippen molar-refractivity contribution in [2.24, 2.45) is 23.0 Å². The highest BCUT2D eigenvalue weighted by molar-refractivity contribution is 5.21. The lowest BCUT2D eigenvalue weighted by Crippen LogP contribution is -2.80. The Kier molecular flexibility index (Phi) is 3.00. The van der Waals surface area contributed by atoms with E-state index in [0.29, 0.717) is 12.0 Å². The van der Waals surface area contributed by atoms with E-state index in [0.717, 1.165) is 25.1 Å². The van der Waals surface area contributed by atoms with E-state index in [-0.39, 0.29) is 11.0 Å². The fourth-order valence-corrected chi connectivity index (χ4v) is 4.74. The molecule has 4 fully saturated rings. The molecule has 0 spiro atoms. The number of hydrogen-bond donors (Lipinski definition) is 1. The van der Waals surface area contributed by atoms with E-state index in [9.17, 15) is 0 Å². The monoisotopic (exact) mass is 278 g/mol. The van der Waals surface area contributed by atoms with Gasteiger partial charge < -0.3 is 10.5 Å². The summed E-state index contributed by atoms with van der Waals surface area (Å²) in [6.45, 7) is 8.02. The van der Waals surface area contributed by atoms with Crippen LogP contribution in [0.3, 0.4) is 0 Å². The summed E-state index contributed by atoms with van der Waals surface area (Å²) in [5.74, 6) is 1.56. The lowest BCUT2D eigenvalue weighted by Gasteiger charge is -2.67. The summed E-state index contributed by atoms with van der Waals surface area (Å²) in [5, 5.41) is 0. The van der Waals surface area contributed by atoms with Crippen LogP contribution in [0, 0.1) is 17.3 Å². The van der Waals surface area contributed by atoms with Gasteiger partial charge in [0.15, 0.2) is 0 Å². The lowest BCUT2D eigenvalue weighted by atomic mass is 9.46. The maximum absolute atomic E-state index is 6.98. The summed E-state index contributed by atoms with van der Waals surface area (Å²) in [7, 11) is 0. The average molecular weight is 278 g/mol. The zero-order valence-corrected chi connectivity index (χ0v) is 13.1. The molecule has 2 N–H and O–H groups in total. The fraction of sp³-hybridized carbons (Fsp3) is 1.00. The maximum atomic E-state index is 6.98. The largest absolute Gasteiger partial charge is 0.377 e. The summed E-state index contributed by atoms with van der Waals surface area (Å²) in [6, 6.07) is 0.843. The van der Waals surface area contributed by atoms with Crippen molar-refractivity contribution in [2.45, 2.75) is 70.1 Å². The molecule has 4 aliphatic rings. The zero-order chi connectivity index (χ0) is 14.0. The Balaban J connectivity index is 1.49. The van der Waals surface area contributed by atoms with Crippen LogP contribution < -0.4 is 5.73 Å². The molecule has 3 saturated carbocycles. The molecule has 1 saturated heterocycles. The van der Waals surface area contributed by atoms with E-state index in [1.807, 2.05) is 0 Å². The number of fused-ring (bicyclic) bond motifs is 1. The first-order valence-corrected chi connectivity index (χ1v) is 8.67. The van der Waals surface area contributed by atoms with E-state index in [1.54, 1.807) is 0 Å². The van der Waals surface area contributed by atoms with Crippen molar-refractivity contribution in [1.29, 1.82) is 0 Å². The van der Waals surface area contributed by atoms with Crippen LogP contribution in [0.5, 0.6) is 0 Å². The molecule has 3 unspecified atom stereocenters. The Morgan fingerprint density at radius 2 is 1.90 bits per heavy atom. The minimum absolute atomic E-state index is 0.0322. The van der Waals surface area contributed by atoms with Gasteiger partial charge in [0.1, 0.15) is 0 Å². The molecular formula is C17H30N2O. The number of nitrogens with zero attached hydrogens (tertiary/aromatic N) is 1. The Bertz CT molecular complexity index is 388. The van der Waals surface area contributed by atoms with Crippen LogP contribution in [0.1, 0.15) is 52.4 Å². The van der Waals surface area contributed by atoms with Crippen LogP contribution in [-0.2, 0) is 4.74 Å². The minimum Gasteiger partial charge on any atom is -0.377 e. The van der Waals surface area contributed by atoms with Gasteiger partial charge in [-0.05, 0) is 44.4 Å². The topological polar surface area (TPSA) is 38.5 Å². The summed E-state index contributed by atoms with van der Waals surface area (Å²) >= 11 is 0. The molecule has 0 aromatic heterocycles. The normalized spacial score (nSPS) is 43.2. The van der Waals surface area contributed by atoms with Gasteiger partial charge in [-0.2, -0.15) is 0 Å². The van der Waals surface area contributed by atoms with Gasteiger partial charge in [-0.25, -0.2) is 0 Å². The van der Waals surface area contributed by atoms with Gasteiger partial charge in [0, 0.05) is 42.6 Å². The van der Waals surface area contributed by atoms with Crippen molar-refractivity contribution in [1.82, 2.24) is 4.90 Å². The van der Waals surface area contributed by atoms with Crippen LogP contribution in [0.4, 0.5) is 0 Å². The second-order valence-corrected chi connectivity index (χ2v) is 8.41. The molecule has 3 heteroatoms. The Hall–Kier alpha value is -0.120. The molecule has 3 atom stereocenters. The highest BCUT2D eigenvalue weighted by atomic mass is 16.5. The fourth-order valence-electron chi connectivity index (χ4n) is 4.74. The maximum Gasteiger partial charge on any atom is 0.0690 e. The Morgan fingerprint density at radius 3 is 2.55 bits per heavy atom. The molecule has 20 heavy (non-hydrogen) atoms. The van der Waals surface area contributed by atoms with Crippen molar-refractivity contribution < 1.29 is 4.74 Å². The van der Waals surface area contributed by atoms with E-state index in [2.05, 4.69) is 18.7 Å². The van der Waals surface area contributed by atoms with Crippen LogP contribution in [0.2, 0.25) is 0 Å². The average Bonchev–Trinajstić information content (AvgIpc) is 3.30. The van der Waals surface area contributed by atoms with E-state index < -0.39 is 0 Å². The van der Waals surface area contributed by atoms with Gasteiger partial charge >= 0.3 is 0 Å². The van der Waals surface area contributed by atoms with Gasteiger partial charge in [-0.3, -0.25) is 4.90 Å². The number of ether oxygens (including phenoxy) is 1. The zero-order valence-electron chi connectivity index (χ0n) is 13.1. The molecule has 1 aliphatic heterocycles. The van der Waals surface area contributed by atoms with Crippen molar-refractivity contribution in [3.05, 3.63) is 0 Å². The summed E-state index contributed by atoms with van der Waals surface area (Å²) in [6.07, 6.45) is 8.55. The number of nitrogens with two attached hydrogens (primary N) is 1. The van der Waals surface area contributed by atoms with Gasteiger partial charge in [0.2, 0.25) is 0 Å². The summed E-state index contributed by atoms with van der Waals surface area (Å²) < 4.78 is 6.04. The molecule has 0 amide bonds. The second-order valence-electron chi connectivity index (χ2n) is 8.41. The molecule has 0 aromatic rings. The van der Waals surface area contributed by atoms with Crippen molar-refractivity contribution >= 4 is 0 Å². The first kappa shape index (κ1) is 13.5. The lowest BCUT2D eigenvalue weighted by molar-refractivity contribution is -0.232. The molecular weight excluding hydrogens is 248 g/mol. The molecule has 4 rings (SSSR count). The molecule has 3 aliphatic carbocycles. The second kappa shape index (κ2) is 4.44. The predicted octanol–water partition coefficient (Wildman–Crippen LogP) is 2.39. The van der Waals surface area contributed by atoms with Gasteiger partial charge in [-0.15, -0.1) is 0 Å². The predicted molar refractivity (Wildman–Crippen MR) is 80.5 cm³/mol. The highest BCUT2D eigenvalue weighted by Gasteiger charge is 2.67. The Morgan fingerprint density at radius 1 is 1.15 bits per heavy atom. The van der Waals surface area contributed by atoms with E-state index in [1.165, 1.54) is 45.1 Å².